The van der Waals surface area contributed by atoms with Gasteiger partial charge in [0.2, 0.25) is 11.7 Å². The number of hydrogen-bond acceptors (Lipinski definition) is 5. The maximum absolute atomic E-state index is 5.65. The lowest BCUT2D eigenvalue weighted by molar-refractivity contribution is 0.349. The monoisotopic (exact) mass is 279 g/mol. The normalized spacial score (nSPS) is 12.7. The molecule has 2 rings (SSSR count). The van der Waals surface area contributed by atoms with Crippen LogP contribution in [0.15, 0.2) is 22.0 Å². The highest BCUT2D eigenvalue weighted by molar-refractivity contribution is 7.13. The van der Waals surface area contributed by atoms with E-state index in [1.54, 1.807) is 11.3 Å². The first-order valence-corrected chi connectivity index (χ1v) is 7.78. The zero-order valence-electron chi connectivity index (χ0n) is 11.3. The van der Waals surface area contributed by atoms with E-state index in [1.165, 1.54) is 12.8 Å². The molecule has 5 heteroatoms. The Bertz CT molecular complexity index is 461. The summed E-state index contributed by atoms with van der Waals surface area (Å²) < 4.78 is 5.31. The van der Waals surface area contributed by atoms with Gasteiger partial charge in [-0.25, -0.2) is 0 Å². The van der Waals surface area contributed by atoms with Gasteiger partial charge in [0.25, 0.3) is 0 Å². The summed E-state index contributed by atoms with van der Waals surface area (Å²) in [6.07, 6.45) is 5.44. The first kappa shape index (κ1) is 14.2. The molecule has 0 spiro atoms. The van der Waals surface area contributed by atoms with E-state index in [4.69, 9.17) is 10.3 Å². The molecule has 2 N–H and O–H groups in total. The van der Waals surface area contributed by atoms with Crippen LogP contribution in [0.1, 0.15) is 38.5 Å². The molecular formula is C14H21N3OS. The summed E-state index contributed by atoms with van der Waals surface area (Å²) in [7, 11) is 0. The summed E-state index contributed by atoms with van der Waals surface area (Å²) in [6.45, 7) is 2.97. The molecule has 0 aliphatic rings. The van der Waals surface area contributed by atoms with E-state index < -0.39 is 0 Å². The molecule has 0 fully saturated rings. The van der Waals surface area contributed by atoms with Crippen LogP contribution < -0.4 is 5.73 Å². The Morgan fingerprint density at radius 2 is 2.26 bits per heavy atom. The largest absolute Gasteiger partial charge is 0.339 e. The molecule has 104 valence electrons. The zero-order valence-corrected chi connectivity index (χ0v) is 12.2. The SMILES string of the molecule is CCCC(CCN)CCc1nc(-c2cccs2)no1. The van der Waals surface area contributed by atoms with Crippen molar-refractivity contribution in [2.75, 3.05) is 6.54 Å². The van der Waals surface area contributed by atoms with Crippen LogP contribution in [0.4, 0.5) is 0 Å². The van der Waals surface area contributed by atoms with Crippen molar-refractivity contribution in [2.24, 2.45) is 11.7 Å². The molecule has 0 aliphatic carbocycles. The van der Waals surface area contributed by atoms with Crippen LogP contribution in [0.2, 0.25) is 0 Å². The molecule has 2 aromatic rings. The van der Waals surface area contributed by atoms with Gasteiger partial charge >= 0.3 is 0 Å². The van der Waals surface area contributed by atoms with Gasteiger partial charge in [0.15, 0.2) is 0 Å². The van der Waals surface area contributed by atoms with Crippen molar-refractivity contribution in [3.8, 4) is 10.7 Å². The fourth-order valence-electron chi connectivity index (χ4n) is 2.27. The molecule has 2 heterocycles. The first-order chi connectivity index (χ1) is 9.33. The van der Waals surface area contributed by atoms with E-state index in [-0.39, 0.29) is 0 Å². The van der Waals surface area contributed by atoms with Crippen LogP contribution in [0, 0.1) is 5.92 Å². The summed E-state index contributed by atoms with van der Waals surface area (Å²) in [4.78, 5) is 5.50. The molecule has 0 radical (unpaired) electrons. The average Bonchev–Trinajstić information content (AvgIpc) is 3.07. The lowest BCUT2D eigenvalue weighted by atomic mass is 9.94. The number of nitrogens with two attached hydrogens (primary N) is 1. The molecule has 1 unspecified atom stereocenters. The average molecular weight is 279 g/mol. The van der Waals surface area contributed by atoms with Gasteiger partial charge in [-0.15, -0.1) is 11.3 Å². The molecular weight excluding hydrogens is 258 g/mol. The van der Waals surface area contributed by atoms with Gasteiger partial charge < -0.3 is 10.3 Å². The van der Waals surface area contributed by atoms with Crippen molar-refractivity contribution in [1.82, 2.24) is 10.1 Å². The molecule has 4 nitrogen and oxygen atoms in total. The molecule has 1 atom stereocenters. The van der Waals surface area contributed by atoms with E-state index >= 15 is 0 Å². The lowest BCUT2D eigenvalue weighted by Gasteiger charge is -2.13. The molecule has 2 aromatic heterocycles. The highest BCUT2D eigenvalue weighted by Gasteiger charge is 2.12. The van der Waals surface area contributed by atoms with E-state index in [0.29, 0.717) is 11.7 Å². The van der Waals surface area contributed by atoms with Crippen molar-refractivity contribution < 1.29 is 4.52 Å². The van der Waals surface area contributed by atoms with Gasteiger partial charge in [0, 0.05) is 6.42 Å². The maximum Gasteiger partial charge on any atom is 0.226 e. The minimum atomic E-state index is 0.673. The molecule has 19 heavy (non-hydrogen) atoms. The highest BCUT2D eigenvalue weighted by Crippen LogP contribution is 2.23. The summed E-state index contributed by atoms with van der Waals surface area (Å²) >= 11 is 1.63. The van der Waals surface area contributed by atoms with Crippen LogP contribution in [0.3, 0.4) is 0 Å². The smallest absolute Gasteiger partial charge is 0.226 e. The molecule has 0 saturated heterocycles. The Balaban J connectivity index is 1.89. The van der Waals surface area contributed by atoms with Gasteiger partial charge in [0.1, 0.15) is 0 Å². The van der Waals surface area contributed by atoms with Gasteiger partial charge in [-0.1, -0.05) is 31.0 Å². The van der Waals surface area contributed by atoms with E-state index in [2.05, 4.69) is 17.1 Å². The quantitative estimate of drug-likeness (QED) is 0.803. The van der Waals surface area contributed by atoms with Crippen molar-refractivity contribution in [1.29, 1.82) is 0 Å². The minimum absolute atomic E-state index is 0.673. The molecule has 0 bridgehead atoms. The predicted molar refractivity (Wildman–Crippen MR) is 78.0 cm³/mol. The number of thiophene rings is 1. The van der Waals surface area contributed by atoms with Crippen molar-refractivity contribution in [2.45, 2.75) is 39.0 Å². The fourth-order valence-corrected chi connectivity index (χ4v) is 2.92. The third-order valence-corrected chi connectivity index (χ3v) is 4.11. The van der Waals surface area contributed by atoms with Gasteiger partial charge in [-0.2, -0.15) is 4.98 Å². The van der Waals surface area contributed by atoms with Crippen molar-refractivity contribution in [3.05, 3.63) is 23.4 Å². The van der Waals surface area contributed by atoms with Crippen molar-refractivity contribution in [3.63, 3.8) is 0 Å². The Kier molecular flexibility index (Phi) is 5.54. The fraction of sp³-hybridized carbons (Fsp3) is 0.571. The first-order valence-electron chi connectivity index (χ1n) is 6.90. The summed E-state index contributed by atoms with van der Waals surface area (Å²) in [6, 6.07) is 4.00. The third kappa shape index (κ3) is 4.14. The van der Waals surface area contributed by atoms with E-state index in [9.17, 15) is 0 Å². The van der Waals surface area contributed by atoms with Crippen LogP contribution in [0.25, 0.3) is 10.7 Å². The Hall–Kier alpha value is -1.20. The van der Waals surface area contributed by atoms with E-state index in [1.807, 2.05) is 17.5 Å². The number of aromatic nitrogens is 2. The summed E-state index contributed by atoms with van der Waals surface area (Å²) in [5.74, 6) is 2.12. The zero-order chi connectivity index (χ0) is 13.5. The number of rotatable bonds is 8. The number of hydrogen-bond donors (Lipinski definition) is 1. The Morgan fingerprint density at radius 3 is 2.95 bits per heavy atom. The summed E-state index contributed by atoms with van der Waals surface area (Å²) in [5, 5.41) is 6.05. The molecule has 0 aliphatic heterocycles. The van der Waals surface area contributed by atoms with Gasteiger partial charge in [-0.05, 0) is 36.8 Å². The standard InChI is InChI=1S/C14H21N3OS/c1-2-4-11(8-9-15)6-7-13-16-14(17-18-13)12-5-3-10-19-12/h3,5,10-11H,2,4,6-9,15H2,1H3. The van der Waals surface area contributed by atoms with E-state index in [0.717, 1.165) is 36.6 Å². The van der Waals surface area contributed by atoms with Crippen molar-refractivity contribution >= 4 is 11.3 Å². The Morgan fingerprint density at radius 1 is 1.37 bits per heavy atom. The second kappa shape index (κ2) is 7.40. The van der Waals surface area contributed by atoms with Gasteiger partial charge in [-0.3, -0.25) is 0 Å². The number of nitrogens with zero attached hydrogens (tertiary/aromatic N) is 2. The van der Waals surface area contributed by atoms with Crippen LogP contribution >= 0.6 is 11.3 Å². The van der Waals surface area contributed by atoms with Crippen LogP contribution in [0.5, 0.6) is 0 Å². The minimum Gasteiger partial charge on any atom is -0.339 e. The second-order valence-electron chi connectivity index (χ2n) is 4.76. The lowest BCUT2D eigenvalue weighted by Crippen LogP contribution is -2.09. The summed E-state index contributed by atoms with van der Waals surface area (Å²) in [5.41, 5.74) is 5.65. The molecule has 0 amide bonds. The Labute approximate surface area is 118 Å². The molecule has 0 aromatic carbocycles. The maximum atomic E-state index is 5.65. The predicted octanol–water partition coefficient (Wildman–Crippen LogP) is 3.50. The molecule has 0 saturated carbocycles. The highest BCUT2D eigenvalue weighted by atomic mass is 32.1. The second-order valence-corrected chi connectivity index (χ2v) is 5.71. The topological polar surface area (TPSA) is 64.9 Å². The van der Waals surface area contributed by atoms with Gasteiger partial charge in [0.05, 0.1) is 4.88 Å². The van der Waals surface area contributed by atoms with Crippen LogP contribution in [-0.4, -0.2) is 16.7 Å². The van der Waals surface area contributed by atoms with Crippen LogP contribution in [-0.2, 0) is 6.42 Å². The number of aryl methyl sites for hydroxylation is 1. The third-order valence-electron chi connectivity index (χ3n) is 3.25.